The summed E-state index contributed by atoms with van der Waals surface area (Å²) in [4.78, 5) is 0. The first-order valence-corrected chi connectivity index (χ1v) is 8.05. The molecule has 1 atom stereocenters. The first kappa shape index (κ1) is 16.1. The minimum Gasteiger partial charge on any atom is -0.497 e. The molecule has 112 valence electrons. The first-order chi connectivity index (χ1) is 10.1. The molecule has 2 nitrogen and oxygen atoms in total. The second-order valence-corrected chi connectivity index (χ2v) is 6.04. The first-order valence-electron chi connectivity index (χ1n) is 7.26. The molecular weight excluding hydrogens is 326 g/mol. The van der Waals surface area contributed by atoms with E-state index in [0.717, 1.165) is 23.2 Å². The second-order valence-electron chi connectivity index (χ2n) is 5.19. The van der Waals surface area contributed by atoms with Gasteiger partial charge in [-0.25, -0.2) is 0 Å². The lowest BCUT2D eigenvalue weighted by atomic mass is 9.97. The van der Waals surface area contributed by atoms with E-state index in [0.29, 0.717) is 6.04 Å². The molecule has 0 aliphatic rings. The zero-order valence-corrected chi connectivity index (χ0v) is 14.4. The predicted octanol–water partition coefficient (Wildman–Crippen LogP) is 4.66. The quantitative estimate of drug-likeness (QED) is 0.820. The molecule has 1 unspecified atom stereocenters. The van der Waals surface area contributed by atoms with Gasteiger partial charge in [0.15, 0.2) is 0 Å². The minimum atomic E-state index is 0.304. The number of ether oxygens (including phenoxy) is 1. The summed E-state index contributed by atoms with van der Waals surface area (Å²) in [5.74, 6) is 0.896. The number of likely N-dealkylation sites (N-methyl/N-ethyl adjacent to an activating group) is 1. The number of hydrogen-bond donors (Lipinski definition) is 1. The van der Waals surface area contributed by atoms with Crippen molar-refractivity contribution in [2.75, 3.05) is 13.7 Å². The van der Waals surface area contributed by atoms with Gasteiger partial charge in [0.05, 0.1) is 7.11 Å². The third-order valence-corrected chi connectivity index (χ3v) is 4.35. The Balaban J connectivity index is 2.28. The average Bonchev–Trinajstić information content (AvgIpc) is 2.49. The predicted molar refractivity (Wildman–Crippen MR) is 92.0 cm³/mol. The molecule has 0 spiro atoms. The molecule has 2 aromatic carbocycles. The van der Waals surface area contributed by atoms with Crippen LogP contribution < -0.4 is 10.1 Å². The Morgan fingerprint density at radius 3 is 2.67 bits per heavy atom. The van der Waals surface area contributed by atoms with Crippen molar-refractivity contribution in [1.82, 2.24) is 5.32 Å². The Morgan fingerprint density at radius 2 is 2.00 bits per heavy atom. The summed E-state index contributed by atoms with van der Waals surface area (Å²) in [6.07, 6.45) is 0.926. The maximum atomic E-state index is 5.33. The summed E-state index contributed by atoms with van der Waals surface area (Å²) in [5.41, 5.74) is 3.87. The van der Waals surface area contributed by atoms with Crippen LogP contribution in [0.15, 0.2) is 46.9 Å². The van der Waals surface area contributed by atoms with Gasteiger partial charge < -0.3 is 10.1 Å². The monoisotopic (exact) mass is 347 g/mol. The second kappa shape index (κ2) is 7.62. The highest BCUT2D eigenvalue weighted by Crippen LogP contribution is 2.27. The van der Waals surface area contributed by atoms with Gasteiger partial charge in [0.25, 0.3) is 0 Å². The molecule has 2 aromatic rings. The Kier molecular flexibility index (Phi) is 5.83. The number of aryl methyl sites for hydroxylation is 1. The lowest BCUT2D eigenvalue weighted by Crippen LogP contribution is -2.23. The SMILES string of the molecule is CCNC(Cc1cc(OC)ccc1Br)c1cccc(C)c1. The summed E-state index contributed by atoms with van der Waals surface area (Å²) in [5, 5.41) is 3.58. The maximum Gasteiger partial charge on any atom is 0.119 e. The van der Waals surface area contributed by atoms with Crippen LogP contribution in [0.2, 0.25) is 0 Å². The minimum absolute atomic E-state index is 0.304. The molecule has 0 amide bonds. The fourth-order valence-corrected chi connectivity index (χ4v) is 2.90. The molecule has 0 radical (unpaired) electrons. The molecule has 2 rings (SSSR count). The van der Waals surface area contributed by atoms with Crippen molar-refractivity contribution in [3.63, 3.8) is 0 Å². The fourth-order valence-electron chi connectivity index (χ4n) is 2.50. The van der Waals surface area contributed by atoms with E-state index in [4.69, 9.17) is 4.74 Å². The lowest BCUT2D eigenvalue weighted by molar-refractivity contribution is 0.413. The maximum absolute atomic E-state index is 5.33. The van der Waals surface area contributed by atoms with E-state index >= 15 is 0 Å². The number of methoxy groups -OCH3 is 1. The van der Waals surface area contributed by atoms with E-state index in [1.165, 1.54) is 16.7 Å². The van der Waals surface area contributed by atoms with Crippen molar-refractivity contribution in [3.8, 4) is 5.75 Å². The molecule has 0 saturated carbocycles. The molecule has 1 N–H and O–H groups in total. The van der Waals surface area contributed by atoms with E-state index in [-0.39, 0.29) is 0 Å². The van der Waals surface area contributed by atoms with Crippen LogP contribution in [0.25, 0.3) is 0 Å². The molecule has 3 heteroatoms. The van der Waals surface area contributed by atoms with E-state index in [1.807, 2.05) is 12.1 Å². The van der Waals surface area contributed by atoms with Crippen LogP contribution in [-0.4, -0.2) is 13.7 Å². The van der Waals surface area contributed by atoms with Crippen LogP contribution in [0, 0.1) is 6.92 Å². The van der Waals surface area contributed by atoms with Crippen LogP contribution in [0.1, 0.15) is 29.7 Å². The van der Waals surface area contributed by atoms with Crippen LogP contribution in [-0.2, 0) is 6.42 Å². The zero-order valence-electron chi connectivity index (χ0n) is 12.8. The van der Waals surface area contributed by atoms with Gasteiger partial charge in [0, 0.05) is 10.5 Å². The van der Waals surface area contributed by atoms with Gasteiger partial charge in [-0.15, -0.1) is 0 Å². The largest absolute Gasteiger partial charge is 0.497 e. The fraction of sp³-hybridized carbons (Fsp3) is 0.333. The normalized spacial score (nSPS) is 12.2. The van der Waals surface area contributed by atoms with Gasteiger partial charge in [0.1, 0.15) is 5.75 Å². The molecule has 21 heavy (non-hydrogen) atoms. The molecule has 0 aliphatic heterocycles. The highest BCUT2D eigenvalue weighted by atomic mass is 79.9. The summed E-state index contributed by atoms with van der Waals surface area (Å²) < 4.78 is 6.46. The Labute approximate surface area is 135 Å². The third-order valence-electron chi connectivity index (χ3n) is 3.57. The van der Waals surface area contributed by atoms with Gasteiger partial charge in [-0.1, -0.05) is 52.7 Å². The standard InChI is InChI=1S/C18H22BrNO/c1-4-20-18(14-7-5-6-13(2)10-14)12-15-11-16(21-3)8-9-17(15)19/h5-11,18,20H,4,12H2,1-3H3. The highest BCUT2D eigenvalue weighted by molar-refractivity contribution is 9.10. The zero-order chi connectivity index (χ0) is 15.2. The molecule has 0 heterocycles. The van der Waals surface area contributed by atoms with E-state index < -0.39 is 0 Å². The van der Waals surface area contributed by atoms with Crippen LogP contribution in [0.5, 0.6) is 5.75 Å². The van der Waals surface area contributed by atoms with Crippen LogP contribution in [0.3, 0.4) is 0 Å². The summed E-state index contributed by atoms with van der Waals surface area (Å²) in [6.45, 7) is 5.22. The molecule has 0 saturated heterocycles. The Hall–Kier alpha value is -1.32. The smallest absolute Gasteiger partial charge is 0.119 e. The van der Waals surface area contributed by atoms with E-state index in [1.54, 1.807) is 7.11 Å². The molecule has 0 aromatic heterocycles. The van der Waals surface area contributed by atoms with E-state index in [9.17, 15) is 0 Å². The van der Waals surface area contributed by atoms with Crippen molar-refractivity contribution in [1.29, 1.82) is 0 Å². The summed E-state index contributed by atoms with van der Waals surface area (Å²) >= 11 is 3.64. The van der Waals surface area contributed by atoms with Crippen molar-refractivity contribution in [2.24, 2.45) is 0 Å². The number of benzene rings is 2. The van der Waals surface area contributed by atoms with Crippen molar-refractivity contribution < 1.29 is 4.74 Å². The number of nitrogens with one attached hydrogen (secondary N) is 1. The molecule has 0 fully saturated rings. The molecular formula is C18H22BrNO. The highest BCUT2D eigenvalue weighted by Gasteiger charge is 2.13. The van der Waals surface area contributed by atoms with Gasteiger partial charge in [-0.2, -0.15) is 0 Å². The van der Waals surface area contributed by atoms with Gasteiger partial charge in [-0.05, 0) is 49.2 Å². The topological polar surface area (TPSA) is 21.3 Å². The molecule has 0 aliphatic carbocycles. The van der Waals surface area contributed by atoms with Crippen molar-refractivity contribution in [2.45, 2.75) is 26.3 Å². The molecule has 0 bridgehead atoms. The number of rotatable bonds is 6. The van der Waals surface area contributed by atoms with E-state index in [2.05, 4.69) is 65.4 Å². The summed E-state index contributed by atoms with van der Waals surface area (Å²) in [7, 11) is 1.70. The Bertz CT molecular complexity index is 598. The van der Waals surface area contributed by atoms with Crippen molar-refractivity contribution in [3.05, 3.63) is 63.6 Å². The lowest BCUT2D eigenvalue weighted by Gasteiger charge is -2.20. The van der Waals surface area contributed by atoms with Crippen LogP contribution in [0.4, 0.5) is 0 Å². The average molecular weight is 348 g/mol. The van der Waals surface area contributed by atoms with Gasteiger partial charge in [-0.3, -0.25) is 0 Å². The Morgan fingerprint density at radius 1 is 1.19 bits per heavy atom. The van der Waals surface area contributed by atoms with Gasteiger partial charge >= 0.3 is 0 Å². The number of halogens is 1. The van der Waals surface area contributed by atoms with Crippen LogP contribution >= 0.6 is 15.9 Å². The third kappa shape index (κ3) is 4.32. The van der Waals surface area contributed by atoms with Crippen molar-refractivity contribution >= 4 is 15.9 Å². The van der Waals surface area contributed by atoms with Gasteiger partial charge in [0.2, 0.25) is 0 Å². The summed E-state index contributed by atoms with van der Waals surface area (Å²) in [6, 6.07) is 15.1. The number of hydrogen-bond acceptors (Lipinski definition) is 2.